The molecular weight excluding hydrogens is 272 g/mol. The monoisotopic (exact) mass is 290 g/mol. The van der Waals surface area contributed by atoms with Gasteiger partial charge in [0.2, 0.25) is 0 Å². The third-order valence-electron chi connectivity index (χ3n) is 2.66. The number of rotatable bonds is 2. The summed E-state index contributed by atoms with van der Waals surface area (Å²) >= 11 is 1.41. The summed E-state index contributed by atoms with van der Waals surface area (Å²) in [6.45, 7) is 6.25. The van der Waals surface area contributed by atoms with E-state index in [4.69, 9.17) is 5.73 Å². The predicted octanol–water partition coefficient (Wildman–Crippen LogP) is 3.67. The highest BCUT2D eigenvalue weighted by atomic mass is 32.1. The molecule has 20 heavy (non-hydrogen) atoms. The van der Waals surface area contributed by atoms with E-state index in [2.05, 4.69) is 36.4 Å². The number of aromatic nitrogens is 1. The SMILES string of the molecule is CC(C)(C)c1csc(NC(=O)Nc2ccc(N)cc2)n1. The molecule has 0 aliphatic carbocycles. The van der Waals surface area contributed by atoms with Crippen molar-refractivity contribution in [2.24, 2.45) is 0 Å². The Kier molecular flexibility index (Phi) is 3.94. The highest BCUT2D eigenvalue weighted by Gasteiger charge is 2.18. The van der Waals surface area contributed by atoms with Gasteiger partial charge in [0.25, 0.3) is 0 Å². The first kappa shape index (κ1) is 14.3. The number of carbonyl (C=O) groups is 1. The van der Waals surface area contributed by atoms with Gasteiger partial charge in [0.1, 0.15) is 0 Å². The van der Waals surface area contributed by atoms with Gasteiger partial charge in [-0.25, -0.2) is 9.78 Å². The number of nitrogen functional groups attached to an aromatic ring is 1. The van der Waals surface area contributed by atoms with Crippen LogP contribution in [0.5, 0.6) is 0 Å². The molecule has 0 spiro atoms. The molecule has 2 rings (SSSR count). The summed E-state index contributed by atoms with van der Waals surface area (Å²) in [6.07, 6.45) is 0. The third kappa shape index (κ3) is 3.71. The summed E-state index contributed by atoms with van der Waals surface area (Å²) in [5, 5.41) is 7.99. The predicted molar refractivity (Wildman–Crippen MR) is 84.3 cm³/mol. The first-order valence-corrected chi connectivity index (χ1v) is 7.12. The van der Waals surface area contributed by atoms with Crippen LogP contribution in [0.2, 0.25) is 0 Å². The second-order valence-corrected chi connectivity index (χ2v) is 6.35. The molecule has 5 nitrogen and oxygen atoms in total. The van der Waals surface area contributed by atoms with Gasteiger partial charge >= 0.3 is 6.03 Å². The molecule has 1 aromatic carbocycles. The normalized spacial score (nSPS) is 11.2. The Hall–Kier alpha value is -2.08. The fraction of sp³-hybridized carbons (Fsp3) is 0.286. The highest BCUT2D eigenvalue weighted by molar-refractivity contribution is 7.14. The lowest BCUT2D eigenvalue weighted by molar-refractivity contribution is 0.262. The lowest BCUT2D eigenvalue weighted by atomic mass is 9.93. The number of hydrogen-bond acceptors (Lipinski definition) is 4. The van der Waals surface area contributed by atoms with E-state index in [-0.39, 0.29) is 11.4 Å². The van der Waals surface area contributed by atoms with Crippen LogP contribution in [0.1, 0.15) is 26.5 Å². The molecule has 0 radical (unpaired) electrons. The van der Waals surface area contributed by atoms with Crippen molar-refractivity contribution in [3.8, 4) is 0 Å². The molecule has 0 bridgehead atoms. The summed E-state index contributed by atoms with van der Waals surface area (Å²) < 4.78 is 0. The van der Waals surface area contributed by atoms with E-state index in [9.17, 15) is 4.79 Å². The van der Waals surface area contributed by atoms with Crippen LogP contribution in [0.4, 0.5) is 21.3 Å². The molecule has 1 heterocycles. The number of hydrogen-bond donors (Lipinski definition) is 3. The second kappa shape index (κ2) is 5.50. The number of nitrogens with zero attached hydrogens (tertiary/aromatic N) is 1. The number of urea groups is 1. The number of nitrogens with one attached hydrogen (secondary N) is 2. The van der Waals surface area contributed by atoms with Crippen LogP contribution in [0.15, 0.2) is 29.6 Å². The van der Waals surface area contributed by atoms with Crippen LogP contribution in [-0.2, 0) is 5.41 Å². The Labute approximate surface area is 122 Å². The number of thiazole rings is 1. The van der Waals surface area contributed by atoms with Gasteiger partial charge in [0, 0.05) is 22.2 Å². The Morgan fingerprint density at radius 1 is 1.20 bits per heavy atom. The Balaban J connectivity index is 1.98. The summed E-state index contributed by atoms with van der Waals surface area (Å²) in [5.41, 5.74) is 7.87. The molecular formula is C14H18N4OS. The van der Waals surface area contributed by atoms with E-state index in [0.29, 0.717) is 16.5 Å². The van der Waals surface area contributed by atoms with Gasteiger partial charge in [-0.15, -0.1) is 11.3 Å². The van der Waals surface area contributed by atoms with Gasteiger partial charge in [-0.2, -0.15) is 0 Å². The van der Waals surface area contributed by atoms with Crippen LogP contribution in [-0.4, -0.2) is 11.0 Å². The zero-order valence-corrected chi connectivity index (χ0v) is 12.5. The minimum Gasteiger partial charge on any atom is -0.399 e. The summed E-state index contributed by atoms with van der Waals surface area (Å²) in [5.74, 6) is 0. The minimum absolute atomic E-state index is 0.0239. The van der Waals surface area contributed by atoms with Crippen LogP contribution < -0.4 is 16.4 Å². The maximum absolute atomic E-state index is 11.8. The lowest BCUT2D eigenvalue weighted by Gasteiger charge is -2.14. The molecule has 0 atom stereocenters. The van der Waals surface area contributed by atoms with Crippen molar-refractivity contribution < 1.29 is 4.79 Å². The molecule has 2 amide bonds. The van der Waals surface area contributed by atoms with Crippen molar-refractivity contribution in [1.29, 1.82) is 0 Å². The Bertz CT molecular complexity index is 598. The minimum atomic E-state index is -0.315. The van der Waals surface area contributed by atoms with Gasteiger partial charge in [0.05, 0.1) is 5.69 Å². The van der Waals surface area contributed by atoms with E-state index in [1.165, 1.54) is 11.3 Å². The van der Waals surface area contributed by atoms with E-state index < -0.39 is 0 Å². The topological polar surface area (TPSA) is 80.0 Å². The molecule has 1 aromatic heterocycles. The van der Waals surface area contributed by atoms with Crippen LogP contribution in [0.25, 0.3) is 0 Å². The summed E-state index contributed by atoms with van der Waals surface area (Å²) in [7, 11) is 0. The Morgan fingerprint density at radius 3 is 2.40 bits per heavy atom. The highest BCUT2D eigenvalue weighted by Crippen LogP contribution is 2.26. The van der Waals surface area contributed by atoms with Crippen molar-refractivity contribution in [2.75, 3.05) is 16.4 Å². The molecule has 0 saturated carbocycles. The van der Waals surface area contributed by atoms with Gasteiger partial charge in [0.15, 0.2) is 5.13 Å². The van der Waals surface area contributed by atoms with Crippen molar-refractivity contribution >= 4 is 33.9 Å². The first-order valence-electron chi connectivity index (χ1n) is 6.24. The van der Waals surface area contributed by atoms with Gasteiger partial charge in [-0.05, 0) is 24.3 Å². The van der Waals surface area contributed by atoms with Crippen LogP contribution in [0.3, 0.4) is 0 Å². The van der Waals surface area contributed by atoms with Crippen molar-refractivity contribution in [1.82, 2.24) is 4.98 Å². The zero-order valence-electron chi connectivity index (χ0n) is 11.7. The van der Waals surface area contributed by atoms with Crippen LogP contribution in [0, 0.1) is 0 Å². The average molecular weight is 290 g/mol. The van der Waals surface area contributed by atoms with Gasteiger partial charge in [-0.1, -0.05) is 20.8 Å². The number of amides is 2. The average Bonchev–Trinajstić information content (AvgIpc) is 2.80. The number of benzene rings is 1. The van der Waals surface area contributed by atoms with Gasteiger partial charge < -0.3 is 11.1 Å². The Morgan fingerprint density at radius 2 is 1.85 bits per heavy atom. The van der Waals surface area contributed by atoms with Crippen molar-refractivity contribution in [2.45, 2.75) is 26.2 Å². The summed E-state index contributed by atoms with van der Waals surface area (Å²) in [4.78, 5) is 16.2. The lowest BCUT2D eigenvalue weighted by Crippen LogP contribution is -2.19. The van der Waals surface area contributed by atoms with Gasteiger partial charge in [-0.3, -0.25) is 5.32 Å². The van der Waals surface area contributed by atoms with E-state index in [0.717, 1.165) is 5.69 Å². The standard InChI is InChI=1S/C14H18N4OS/c1-14(2,3)11-8-20-13(17-11)18-12(19)16-10-6-4-9(15)5-7-10/h4-8H,15H2,1-3H3,(H2,16,17,18,19). The number of anilines is 3. The third-order valence-corrected chi connectivity index (χ3v) is 3.42. The van der Waals surface area contributed by atoms with E-state index >= 15 is 0 Å². The molecule has 0 saturated heterocycles. The fourth-order valence-corrected chi connectivity index (χ4v) is 2.43. The van der Waals surface area contributed by atoms with Crippen molar-refractivity contribution in [3.63, 3.8) is 0 Å². The van der Waals surface area contributed by atoms with E-state index in [1.54, 1.807) is 24.3 Å². The molecule has 6 heteroatoms. The molecule has 0 fully saturated rings. The molecule has 0 aliphatic rings. The maximum atomic E-state index is 11.8. The molecule has 0 aliphatic heterocycles. The quantitative estimate of drug-likeness (QED) is 0.738. The first-order chi connectivity index (χ1) is 9.34. The smallest absolute Gasteiger partial charge is 0.325 e. The largest absolute Gasteiger partial charge is 0.399 e. The molecule has 4 N–H and O–H groups in total. The number of nitrogens with two attached hydrogens (primary N) is 1. The molecule has 0 unspecified atom stereocenters. The maximum Gasteiger partial charge on any atom is 0.325 e. The molecule has 2 aromatic rings. The number of carbonyl (C=O) groups excluding carboxylic acids is 1. The fourth-order valence-electron chi connectivity index (χ4n) is 1.50. The van der Waals surface area contributed by atoms with E-state index in [1.807, 2.05) is 5.38 Å². The summed E-state index contributed by atoms with van der Waals surface area (Å²) in [6, 6.07) is 6.65. The second-order valence-electron chi connectivity index (χ2n) is 5.49. The van der Waals surface area contributed by atoms with Crippen LogP contribution >= 0.6 is 11.3 Å². The molecule has 106 valence electrons. The zero-order chi connectivity index (χ0) is 14.8. The van der Waals surface area contributed by atoms with Crippen molar-refractivity contribution in [3.05, 3.63) is 35.3 Å².